The molecule has 11 aromatic rings. The van der Waals surface area contributed by atoms with E-state index in [2.05, 4.69) is 205 Å². The van der Waals surface area contributed by atoms with Gasteiger partial charge in [-0.3, -0.25) is 0 Å². The van der Waals surface area contributed by atoms with Crippen LogP contribution in [0.3, 0.4) is 0 Å². The minimum Gasteiger partial charge on any atom is -0.457 e. The highest BCUT2D eigenvalue weighted by atomic mass is 16.5. The lowest BCUT2D eigenvalue weighted by Crippen LogP contribution is -2.32. The molecule has 13 rings (SSSR count). The molecule has 0 amide bonds. The number of fused-ring (bicyclic) bond motifs is 13. The number of aromatic nitrogens is 3. The lowest BCUT2D eigenvalue weighted by Gasteiger charge is -2.39. The molecule has 1 aliphatic heterocycles. The second-order valence-corrected chi connectivity index (χ2v) is 16.0. The Hall–Kier alpha value is -8.08. The summed E-state index contributed by atoms with van der Waals surface area (Å²) in [7, 11) is 0. The molecule has 0 fully saturated rings. The van der Waals surface area contributed by atoms with Crippen molar-refractivity contribution in [2.24, 2.45) is 0 Å². The highest BCUT2D eigenvalue weighted by Crippen LogP contribution is 2.62. The maximum Gasteiger partial charge on any atom is 0.161 e. The molecule has 4 heteroatoms. The second-order valence-electron chi connectivity index (χ2n) is 16.0. The van der Waals surface area contributed by atoms with E-state index >= 15 is 0 Å². The average molecular weight is 778 g/mol. The number of hydrogen-bond donors (Lipinski definition) is 0. The third-order valence-electron chi connectivity index (χ3n) is 12.9. The fraction of sp³-hybridized carbons (Fsp3) is 0.0175. The van der Waals surface area contributed by atoms with Gasteiger partial charge in [0, 0.05) is 50.0 Å². The number of ether oxygens (including phenoxy) is 1. The molecule has 0 saturated heterocycles. The molecule has 3 heterocycles. The number of hydrogen-bond acceptors (Lipinski definition) is 3. The molecule has 284 valence electrons. The molecule has 1 aliphatic carbocycles. The molecule has 0 N–H and O–H groups in total. The lowest BCUT2D eigenvalue weighted by atomic mass is 9.66. The van der Waals surface area contributed by atoms with Crippen LogP contribution in [0.4, 0.5) is 0 Å². The third kappa shape index (κ3) is 4.82. The fourth-order valence-electron chi connectivity index (χ4n) is 10.3. The van der Waals surface area contributed by atoms with Gasteiger partial charge in [-0.1, -0.05) is 170 Å². The zero-order valence-corrected chi connectivity index (χ0v) is 33.0. The predicted molar refractivity (Wildman–Crippen MR) is 248 cm³/mol. The van der Waals surface area contributed by atoms with Gasteiger partial charge in [0.2, 0.25) is 0 Å². The molecule has 1 spiro atoms. The number of para-hydroxylation sites is 2. The zero-order chi connectivity index (χ0) is 40.1. The summed E-state index contributed by atoms with van der Waals surface area (Å²) in [5.74, 6) is 2.43. The molecular weight excluding hydrogens is 743 g/mol. The van der Waals surface area contributed by atoms with Crippen molar-refractivity contribution in [2.75, 3.05) is 0 Å². The molecule has 2 aliphatic rings. The molecule has 0 radical (unpaired) electrons. The van der Waals surface area contributed by atoms with Crippen LogP contribution in [-0.4, -0.2) is 14.5 Å². The first-order valence-corrected chi connectivity index (χ1v) is 20.8. The van der Waals surface area contributed by atoms with Crippen LogP contribution in [-0.2, 0) is 5.41 Å². The van der Waals surface area contributed by atoms with Crippen molar-refractivity contribution in [1.82, 2.24) is 14.5 Å². The van der Waals surface area contributed by atoms with Crippen LogP contribution in [0.25, 0.3) is 83.3 Å². The Balaban J connectivity index is 1.07. The number of rotatable bonds is 4. The van der Waals surface area contributed by atoms with Gasteiger partial charge in [-0.05, 0) is 64.0 Å². The molecule has 0 bridgehead atoms. The Kier molecular flexibility index (Phi) is 7.19. The fourth-order valence-corrected chi connectivity index (χ4v) is 10.3. The molecular formula is C57H35N3O. The monoisotopic (exact) mass is 777 g/mol. The van der Waals surface area contributed by atoms with Gasteiger partial charge in [-0.15, -0.1) is 0 Å². The Morgan fingerprint density at radius 1 is 0.361 bits per heavy atom. The van der Waals surface area contributed by atoms with E-state index in [1.165, 1.54) is 38.6 Å². The first-order chi connectivity index (χ1) is 30.3. The van der Waals surface area contributed by atoms with E-state index in [1.54, 1.807) is 0 Å². The average Bonchev–Trinajstić information content (AvgIpc) is 3.81. The summed E-state index contributed by atoms with van der Waals surface area (Å²) < 4.78 is 9.44. The van der Waals surface area contributed by atoms with Crippen molar-refractivity contribution in [3.63, 3.8) is 0 Å². The lowest BCUT2D eigenvalue weighted by molar-refractivity contribution is 0.437. The van der Waals surface area contributed by atoms with E-state index in [1.807, 2.05) is 12.1 Å². The molecule has 9 aromatic carbocycles. The molecule has 4 nitrogen and oxygen atoms in total. The highest BCUT2D eigenvalue weighted by Gasteiger charge is 2.51. The van der Waals surface area contributed by atoms with Crippen molar-refractivity contribution < 1.29 is 4.74 Å². The molecule has 0 unspecified atom stereocenters. The molecule has 61 heavy (non-hydrogen) atoms. The Morgan fingerprint density at radius 3 is 1.61 bits per heavy atom. The number of nitrogens with zero attached hydrogens (tertiary/aromatic N) is 3. The smallest absolute Gasteiger partial charge is 0.161 e. The van der Waals surface area contributed by atoms with Crippen LogP contribution >= 0.6 is 0 Å². The SMILES string of the molecule is c1ccc(-c2cc(-c3ccccc3)nc(-c3ccc(-n4c5ccccc5c5cc6c(cc54)Oc4ccccc4C64c5ccccc5-c5ccccc54)c4ccccc34)n2)cc1. The van der Waals surface area contributed by atoms with E-state index in [0.29, 0.717) is 5.82 Å². The Bertz CT molecular complexity index is 3470. The van der Waals surface area contributed by atoms with Gasteiger partial charge in [-0.2, -0.15) is 0 Å². The minimum atomic E-state index is -0.546. The van der Waals surface area contributed by atoms with Gasteiger partial charge < -0.3 is 9.30 Å². The highest BCUT2D eigenvalue weighted by molar-refractivity contribution is 6.12. The van der Waals surface area contributed by atoms with Crippen molar-refractivity contribution in [3.8, 4) is 62.2 Å². The predicted octanol–water partition coefficient (Wildman–Crippen LogP) is 14.2. The molecule has 0 atom stereocenters. The molecule has 2 aromatic heterocycles. The maximum atomic E-state index is 7.02. The van der Waals surface area contributed by atoms with Gasteiger partial charge in [0.05, 0.1) is 33.5 Å². The second kappa shape index (κ2) is 13.0. The van der Waals surface area contributed by atoms with Gasteiger partial charge in [0.1, 0.15) is 11.5 Å². The van der Waals surface area contributed by atoms with E-state index in [9.17, 15) is 0 Å². The van der Waals surface area contributed by atoms with Crippen molar-refractivity contribution in [1.29, 1.82) is 0 Å². The summed E-state index contributed by atoms with van der Waals surface area (Å²) >= 11 is 0. The van der Waals surface area contributed by atoms with Gasteiger partial charge >= 0.3 is 0 Å². The van der Waals surface area contributed by atoms with Crippen molar-refractivity contribution in [2.45, 2.75) is 5.41 Å². The summed E-state index contributed by atoms with van der Waals surface area (Å²) in [5.41, 5.74) is 15.0. The topological polar surface area (TPSA) is 39.9 Å². The first-order valence-electron chi connectivity index (χ1n) is 20.8. The van der Waals surface area contributed by atoms with Gasteiger partial charge in [-0.25, -0.2) is 9.97 Å². The summed E-state index contributed by atoms with van der Waals surface area (Å²) in [6.07, 6.45) is 0. The van der Waals surface area contributed by atoms with E-state index < -0.39 is 5.41 Å². The van der Waals surface area contributed by atoms with Crippen LogP contribution in [0.5, 0.6) is 11.5 Å². The van der Waals surface area contributed by atoms with E-state index in [0.717, 1.165) is 72.6 Å². The summed E-state index contributed by atoms with van der Waals surface area (Å²) in [5, 5.41) is 4.56. The summed E-state index contributed by atoms with van der Waals surface area (Å²) in [6.45, 7) is 0. The zero-order valence-electron chi connectivity index (χ0n) is 33.0. The third-order valence-corrected chi connectivity index (χ3v) is 12.9. The van der Waals surface area contributed by atoms with E-state index in [-0.39, 0.29) is 0 Å². The Labute approximate surface area is 352 Å². The van der Waals surface area contributed by atoms with Crippen LogP contribution < -0.4 is 4.74 Å². The van der Waals surface area contributed by atoms with Crippen LogP contribution in [0.1, 0.15) is 22.3 Å². The standard InChI is InChI=1S/C57H35N3O/c1-3-17-36(18-4-1)49-34-50(37-19-5-2-6-20-37)59-56(58-49)43-31-32-52(41-24-8-7-21-38(41)43)60-51-29-15-11-25-42(51)44-33-48-55(35-53(44)60)61-54-30-16-14-28-47(54)57(48)45-26-12-9-22-39(45)40-23-10-13-27-46(40)57/h1-35H. The van der Waals surface area contributed by atoms with Crippen LogP contribution in [0.2, 0.25) is 0 Å². The van der Waals surface area contributed by atoms with Gasteiger partial charge in [0.15, 0.2) is 5.82 Å². The quantitative estimate of drug-likeness (QED) is 0.179. The summed E-state index contributed by atoms with van der Waals surface area (Å²) in [6, 6.07) is 75.8. The first kappa shape index (κ1) is 33.8. The van der Waals surface area contributed by atoms with Crippen LogP contribution in [0, 0.1) is 0 Å². The van der Waals surface area contributed by atoms with Crippen molar-refractivity contribution >= 4 is 32.6 Å². The number of benzene rings is 9. The minimum absolute atomic E-state index is 0.546. The summed E-state index contributed by atoms with van der Waals surface area (Å²) in [4.78, 5) is 10.5. The van der Waals surface area contributed by atoms with Gasteiger partial charge in [0.25, 0.3) is 0 Å². The van der Waals surface area contributed by atoms with Crippen LogP contribution in [0.15, 0.2) is 212 Å². The largest absolute Gasteiger partial charge is 0.457 e. The van der Waals surface area contributed by atoms with Crippen molar-refractivity contribution in [3.05, 3.63) is 235 Å². The normalized spacial score (nSPS) is 13.2. The van der Waals surface area contributed by atoms with E-state index in [4.69, 9.17) is 14.7 Å². The molecule has 0 saturated carbocycles. The Morgan fingerprint density at radius 2 is 0.918 bits per heavy atom. The maximum absolute atomic E-state index is 7.02.